The predicted molar refractivity (Wildman–Crippen MR) is 168 cm³/mol. The van der Waals surface area contributed by atoms with Crippen molar-refractivity contribution in [1.29, 1.82) is 5.26 Å². The Hall–Kier alpha value is -5.79. The highest BCUT2D eigenvalue weighted by Crippen LogP contribution is 2.41. The molecule has 0 radical (unpaired) electrons. The number of nitrogens with zero attached hydrogens (tertiary/aromatic N) is 2. The van der Waals surface area contributed by atoms with Crippen molar-refractivity contribution >= 4 is 65.6 Å². The van der Waals surface area contributed by atoms with Gasteiger partial charge in [-0.05, 0) is 60.2 Å². The maximum Gasteiger partial charge on any atom is 0.143 e. The summed E-state index contributed by atoms with van der Waals surface area (Å²) in [4.78, 5) is 3.63. The summed E-state index contributed by atoms with van der Waals surface area (Å²) < 4.78 is 8.81. The van der Waals surface area contributed by atoms with Crippen LogP contribution in [0.25, 0.3) is 82.4 Å². The van der Waals surface area contributed by atoms with Crippen molar-refractivity contribution in [2.45, 2.75) is 0 Å². The van der Waals surface area contributed by atoms with Crippen molar-refractivity contribution in [2.24, 2.45) is 0 Å². The first-order chi connectivity index (χ1) is 20.3. The Morgan fingerprint density at radius 2 is 1.39 bits per heavy atom. The number of nitrogens with one attached hydrogen (secondary N) is 1. The molecule has 41 heavy (non-hydrogen) atoms. The zero-order valence-corrected chi connectivity index (χ0v) is 21.8. The number of hydrogen-bond donors (Lipinski definition) is 1. The minimum absolute atomic E-state index is 0.621. The topological polar surface area (TPSA) is 57.6 Å². The van der Waals surface area contributed by atoms with Gasteiger partial charge in [-0.15, -0.1) is 0 Å². The number of rotatable bonds is 2. The lowest BCUT2D eigenvalue weighted by Crippen LogP contribution is -1.95. The molecule has 6 aromatic carbocycles. The van der Waals surface area contributed by atoms with Gasteiger partial charge in [0.2, 0.25) is 0 Å². The van der Waals surface area contributed by atoms with Crippen LogP contribution < -0.4 is 0 Å². The standard InChI is InChI=1S/C37H21N3O/c38-21-22-8-7-9-23(16-22)28-17-24(18-31-27-12-3-6-15-36(27)41-37(28)31)40-34-14-5-2-11-26(34)30-19-29-25-10-1-4-13-32(25)39-33(29)20-35(30)40/h1-20,39H. The summed E-state index contributed by atoms with van der Waals surface area (Å²) >= 11 is 0. The fourth-order valence-electron chi connectivity index (χ4n) is 6.50. The smallest absolute Gasteiger partial charge is 0.143 e. The molecular formula is C37H21N3O. The summed E-state index contributed by atoms with van der Waals surface area (Å²) in [5, 5.41) is 16.6. The number of fused-ring (bicyclic) bond motifs is 9. The van der Waals surface area contributed by atoms with Crippen molar-refractivity contribution in [3.05, 3.63) is 127 Å². The van der Waals surface area contributed by atoms with Crippen molar-refractivity contribution < 1.29 is 4.42 Å². The second kappa shape index (κ2) is 8.11. The van der Waals surface area contributed by atoms with E-state index in [0.717, 1.165) is 60.8 Å². The molecule has 0 unspecified atom stereocenters. The highest BCUT2D eigenvalue weighted by Gasteiger charge is 2.19. The van der Waals surface area contributed by atoms with E-state index in [4.69, 9.17) is 4.42 Å². The molecule has 9 rings (SSSR count). The number of nitriles is 1. The third-order valence-electron chi connectivity index (χ3n) is 8.32. The van der Waals surface area contributed by atoms with E-state index in [0.29, 0.717) is 5.56 Å². The Labute approximate surface area is 234 Å². The maximum absolute atomic E-state index is 9.64. The summed E-state index contributed by atoms with van der Waals surface area (Å²) in [6.45, 7) is 0. The van der Waals surface area contributed by atoms with Crippen molar-refractivity contribution in [3.8, 4) is 22.9 Å². The van der Waals surface area contributed by atoms with Gasteiger partial charge in [0.1, 0.15) is 11.2 Å². The number of furan rings is 1. The summed E-state index contributed by atoms with van der Waals surface area (Å²) in [7, 11) is 0. The lowest BCUT2D eigenvalue weighted by Gasteiger charge is -2.12. The third-order valence-corrected chi connectivity index (χ3v) is 8.32. The van der Waals surface area contributed by atoms with E-state index in [1.807, 2.05) is 42.5 Å². The Bertz CT molecular complexity index is 2550. The van der Waals surface area contributed by atoms with Crippen molar-refractivity contribution in [2.75, 3.05) is 0 Å². The normalized spacial score (nSPS) is 11.9. The SMILES string of the molecule is N#Cc1cccc(-c2cc(-n3c4ccccc4c4cc5c(cc43)[nH]c3ccccc35)cc3c2oc2ccccc23)c1. The van der Waals surface area contributed by atoms with Crippen LogP contribution in [0.15, 0.2) is 126 Å². The number of hydrogen-bond acceptors (Lipinski definition) is 2. The summed E-state index contributed by atoms with van der Waals surface area (Å²) in [6.07, 6.45) is 0. The van der Waals surface area contributed by atoms with Crippen LogP contribution in [0.5, 0.6) is 0 Å². The van der Waals surface area contributed by atoms with Gasteiger partial charge in [-0.25, -0.2) is 0 Å². The average Bonchev–Trinajstić information content (AvgIpc) is 3.68. The summed E-state index contributed by atoms with van der Waals surface area (Å²) in [6, 6.07) is 44.3. The first-order valence-electron chi connectivity index (χ1n) is 13.7. The van der Waals surface area contributed by atoms with E-state index < -0.39 is 0 Å². The third kappa shape index (κ3) is 3.09. The molecule has 0 fully saturated rings. The molecule has 9 aromatic rings. The van der Waals surface area contributed by atoms with Gasteiger partial charge in [0.15, 0.2) is 0 Å². The first-order valence-corrected chi connectivity index (χ1v) is 13.7. The Morgan fingerprint density at radius 1 is 0.585 bits per heavy atom. The van der Waals surface area contributed by atoms with E-state index in [1.54, 1.807) is 0 Å². The lowest BCUT2D eigenvalue weighted by atomic mass is 9.99. The van der Waals surface area contributed by atoms with Crippen molar-refractivity contribution in [3.63, 3.8) is 0 Å². The second-order valence-corrected chi connectivity index (χ2v) is 10.6. The van der Waals surface area contributed by atoms with E-state index in [2.05, 4.69) is 94.5 Å². The van der Waals surface area contributed by atoms with Crippen LogP contribution in [0.1, 0.15) is 5.56 Å². The van der Waals surface area contributed by atoms with Gasteiger partial charge in [-0.3, -0.25) is 0 Å². The highest BCUT2D eigenvalue weighted by atomic mass is 16.3. The molecular weight excluding hydrogens is 502 g/mol. The highest BCUT2D eigenvalue weighted by molar-refractivity contribution is 6.19. The molecule has 1 N–H and O–H groups in total. The summed E-state index contributed by atoms with van der Waals surface area (Å²) in [5.41, 5.74) is 9.77. The molecule has 0 aliphatic carbocycles. The maximum atomic E-state index is 9.64. The van der Waals surface area contributed by atoms with Crippen molar-refractivity contribution in [1.82, 2.24) is 9.55 Å². The lowest BCUT2D eigenvalue weighted by molar-refractivity contribution is 0.670. The van der Waals surface area contributed by atoms with Gasteiger partial charge in [0.25, 0.3) is 0 Å². The van der Waals surface area contributed by atoms with Crippen LogP contribution in [0.2, 0.25) is 0 Å². The summed E-state index contributed by atoms with van der Waals surface area (Å²) in [5.74, 6) is 0. The molecule has 4 nitrogen and oxygen atoms in total. The zero-order chi connectivity index (χ0) is 27.1. The Kier molecular flexibility index (Phi) is 4.37. The first kappa shape index (κ1) is 22.1. The number of aromatic amines is 1. The van der Waals surface area contributed by atoms with Crippen LogP contribution in [0, 0.1) is 11.3 Å². The van der Waals surface area contributed by atoms with E-state index >= 15 is 0 Å². The van der Waals surface area contributed by atoms with Gasteiger partial charge < -0.3 is 14.0 Å². The molecule has 3 heterocycles. The molecule has 3 aromatic heterocycles. The fraction of sp³-hybridized carbons (Fsp3) is 0. The van der Waals surface area contributed by atoms with E-state index in [-0.39, 0.29) is 0 Å². The van der Waals surface area contributed by atoms with Crippen LogP contribution >= 0.6 is 0 Å². The molecule has 190 valence electrons. The largest absolute Gasteiger partial charge is 0.455 e. The Balaban J connectivity index is 1.44. The molecule has 0 atom stereocenters. The minimum Gasteiger partial charge on any atom is -0.455 e. The average molecular weight is 524 g/mol. The van der Waals surface area contributed by atoms with E-state index in [9.17, 15) is 5.26 Å². The molecule has 0 saturated heterocycles. The molecule has 4 heteroatoms. The van der Waals surface area contributed by atoms with Crippen LogP contribution in [-0.2, 0) is 0 Å². The van der Waals surface area contributed by atoms with Gasteiger partial charge >= 0.3 is 0 Å². The Morgan fingerprint density at radius 3 is 2.29 bits per heavy atom. The molecule has 0 saturated carbocycles. The van der Waals surface area contributed by atoms with Gasteiger partial charge in [0, 0.05) is 54.6 Å². The number of para-hydroxylation sites is 3. The number of benzene rings is 6. The van der Waals surface area contributed by atoms with Crippen LogP contribution in [0.4, 0.5) is 0 Å². The van der Waals surface area contributed by atoms with Crippen LogP contribution in [-0.4, -0.2) is 9.55 Å². The minimum atomic E-state index is 0.621. The molecule has 0 bridgehead atoms. The monoisotopic (exact) mass is 523 g/mol. The fourth-order valence-corrected chi connectivity index (χ4v) is 6.50. The van der Waals surface area contributed by atoms with Crippen LogP contribution in [0.3, 0.4) is 0 Å². The molecule has 0 amide bonds. The van der Waals surface area contributed by atoms with Gasteiger partial charge in [-0.1, -0.05) is 66.7 Å². The predicted octanol–water partition coefficient (Wildman–Crippen LogP) is 9.86. The van der Waals surface area contributed by atoms with Gasteiger partial charge in [0.05, 0.1) is 22.7 Å². The van der Waals surface area contributed by atoms with Gasteiger partial charge in [-0.2, -0.15) is 5.26 Å². The molecule has 0 aliphatic heterocycles. The zero-order valence-electron chi connectivity index (χ0n) is 21.8. The molecule has 0 spiro atoms. The quantitative estimate of drug-likeness (QED) is 0.245. The number of aromatic nitrogens is 2. The van der Waals surface area contributed by atoms with E-state index in [1.165, 1.54) is 21.5 Å². The molecule has 0 aliphatic rings. The second-order valence-electron chi connectivity index (χ2n) is 10.6. The number of H-pyrrole nitrogens is 1.